The summed E-state index contributed by atoms with van der Waals surface area (Å²) in [5.74, 6) is 0.767. The number of amides is 1. The maximum atomic E-state index is 11.2. The summed E-state index contributed by atoms with van der Waals surface area (Å²) in [5.41, 5.74) is 12.0. The summed E-state index contributed by atoms with van der Waals surface area (Å²) in [6.07, 6.45) is 0.692. The molecule has 0 saturated carbocycles. The molecule has 21 heavy (non-hydrogen) atoms. The second kappa shape index (κ2) is 7.19. The maximum Gasteiger partial charge on any atom is 0.252 e. The predicted octanol–water partition coefficient (Wildman–Crippen LogP) is 2.22. The zero-order valence-electron chi connectivity index (χ0n) is 11.6. The van der Waals surface area contributed by atoms with E-state index in [-0.39, 0.29) is 0 Å². The molecule has 0 spiro atoms. The third-order valence-corrected chi connectivity index (χ3v) is 2.85. The van der Waals surface area contributed by atoms with E-state index < -0.39 is 5.91 Å². The minimum Gasteiger partial charge on any atom is -0.493 e. The zero-order chi connectivity index (χ0) is 15.1. The molecule has 110 valence electrons. The van der Waals surface area contributed by atoms with Gasteiger partial charge in [-0.3, -0.25) is 4.79 Å². The number of hydrogen-bond donors (Lipinski definition) is 2. The van der Waals surface area contributed by atoms with Gasteiger partial charge in [-0.15, -0.1) is 0 Å². The predicted molar refractivity (Wildman–Crippen MR) is 81.4 cm³/mol. The molecule has 0 aliphatic heterocycles. The lowest BCUT2D eigenvalue weighted by atomic mass is 10.2. The van der Waals surface area contributed by atoms with Gasteiger partial charge in [0.1, 0.15) is 11.5 Å². The number of rotatable bonds is 7. The molecule has 2 aromatic carbocycles. The van der Waals surface area contributed by atoms with Crippen LogP contribution in [0, 0.1) is 0 Å². The molecule has 1 amide bonds. The van der Waals surface area contributed by atoms with E-state index in [2.05, 4.69) is 0 Å². The molecule has 5 heteroatoms. The number of ether oxygens (including phenoxy) is 2. The van der Waals surface area contributed by atoms with Crippen LogP contribution in [-0.4, -0.2) is 19.1 Å². The van der Waals surface area contributed by atoms with E-state index in [0.29, 0.717) is 36.6 Å². The lowest BCUT2D eigenvalue weighted by Gasteiger charge is -2.10. The Labute approximate surface area is 123 Å². The number of hydrogen-bond acceptors (Lipinski definition) is 4. The lowest BCUT2D eigenvalue weighted by molar-refractivity contribution is 0.0996. The third-order valence-electron chi connectivity index (χ3n) is 2.85. The minimum atomic E-state index is -0.497. The fourth-order valence-corrected chi connectivity index (χ4v) is 1.79. The first-order valence-corrected chi connectivity index (χ1v) is 6.67. The average molecular weight is 286 g/mol. The molecule has 0 bridgehead atoms. The van der Waals surface area contributed by atoms with Crippen molar-refractivity contribution in [3.8, 4) is 11.5 Å². The van der Waals surface area contributed by atoms with Gasteiger partial charge in [0, 0.05) is 12.1 Å². The summed E-state index contributed by atoms with van der Waals surface area (Å²) in [7, 11) is 0. The first kappa shape index (κ1) is 14.7. The SMILES string of the molecule is NC(=O)c1ccccc1OCCCOc1ccc(N)cc1. The van der Waals surface area contributed by atoms with Crippen molar-refractivity contribution in [3.63, 3.8) is 0 Å². The molecule has 0 aromatic heterocycles. The normalized spacial score (nSPS) is 10.1. The van der Waals surface area contributed by atoms with Crippen molar-refractivity contribution < 1.29 is 14.3 Å². The maximum absolute atomic E-state index is 11.2. The number of benzene rings is 2. The van der Waals surface area contributed by atoms with Crippen molar-refractivity contribution >= 4 is 11.6 Å². The van der Waals surface area contributed by atoms with Crippen LogP contribution in [0.25, 0.3) is 0 Å². The molecular weight excluding hydrogens is 268 g/mol. The quantitative estimate of drug-likeness (QED) is 0.603. The summed E-state index contributed by atoms with van der Waals surface area (Å²) in [5, 5.41) is 0. The summed E-state index contributed by atoms with van der Waals surface area (Å²) in [6, 6.07) is 14.1. The molecule has 0 aliphatic carbocycles. The monoisotopic (exact) mass is 286 g/mol. The van der Waals surface area contributed by atoms with Gasteiger partial charge in [0.25, 0.3) is 5.91 Å². The Morgan fingerprint density at radius 3 is 2.33 bits per heavy atom. The molecule has 2 rings (SSSR count). The van der Waals surface area contributed by atoms with Crippen LogP contribution in [0.2, 0.25) is 0 Å². The fraction of sp³-hybridized carbons (Fsp3) is 0.188. The van der Waals surface area contributed by atoms with Crippen molar-refractivity contribution in [3.05, 3.63) is 54.1 Å². The van der Waals surface area contributed by atoms with Gasteiger partial charge in [0.15, 0.2) is 0 Å². The van der Waals surface area contributed by atoms with Crippen LogP contribution in [0.3, 0.4) is 0 Å². The first-order chi connectivity index (χ1) is 10.2. The smallest absolute Gasteiger partial charge is 0.252 e. The van der Waals surface area contributed by atoms with Crippen LogP contribution >= 0.6 is 0 Å². The van der Waals surface area contributed by atoms with Gasteiger partial charge < -0.3 is 20.9 Å². The second-order valence-electron chi connectivity index (χ2n) is 4.48. The molecule has 2 aromatic rings. The molecule has 0 heterocycles. The van der Waals surface area contributed by atoms with E-state index >= 15 is 0 Å². The zero-order valence-corrected chi connectivity index (χ0v) is 11.6. The van der Waals surface area contributed by atoms with E-state index in [4.69, 9.17) is 20.9 Å². The van der Waals surface area contributed by atoms with Crippen LogP contribution in [0.15, 0.2) is 48.5 Å². The molecular formula is C16H18N2O3. The fourth-order valence-electron chi connectivity index (χ4n) is 1.79. The van der Waals surface area contributed by atoms with E-state index in [1.807, 2.05) is 12.1 Å². The Kier molecular flexibility index (Phi) is 5.04. The number of nitrogens with two attached hydrogens (primary N) is 2. The van der Waals surface area contributed by atoms with E-state index in [1.165, 1.54) is 0 Å². The third kappa shape index (κ3) is 4.42. The Bertz CT molecular complexity index is 597. The van der Waals surface area contributed by atoms with Crippen molar-refractivity contribution in [2.24, 2.45) is 5.73 Å². The van der Waals surface area contributed by atoms with Crippen molar-refractivity contribution in [1.82, 2.24) is 0 Å². The van der Waals surface area contributed by atoms with Gasteiger partial charge in [-0.25, -0.2) is 0 Å². The first-order valence-electron chi connectivity index (χ1n) is 6.67. The number of para-hydroxylation sites is 1. The van der Waals surface area contributed by atoms with Gasteiger partial charge in [-0.1, -0.05) is 12.1 Å². The highest BCUT2D eigenvalue weighted by molar-refractivity contribution is 5.95. The molecule has 0 unspecified atom stereocenters. The topological polar surface area (TPSA) is 87.6 Å². The molecule has 0 fully saturated rings. The molecule has 0 atom stereocenters. The van der Waals surface area contributed by atoms with Gasteiger partial charge in [0.2, 0.25) is 0 Å². The van der Waals surface area contributed by atoms with Gasteiger partial charge >= 0.3 is 0 Å². The Hall–Kier alpha value is -2.69. The Morgan fingerprint density at radius 1 is 0.952 bits per heavy atom. The van der Waals surface area contributed by atoms with Crippen LogP contribution in [-0.2, 0) is 0 Å². The number of primary amides is 1. The van der Waals surface area contributed by atoms with Crippen molar-refractivity contribution in [2.75, 3.05) is 18.9 Å². The highest BCUT2D eigenvalue weighted by atomic mass is 16.5. The number of carbonyl (C=O) groups excluding carboxylic acids is 1. The molecule has 4 N–H and O–H groups in total. The summed E-state index contributed by atoms with van der Waals surface area (Å²) in [6.45, 7) is 0.960. The highest BCUT2D eigenvalue weighted by Gasteiger charge is 2.07. The van der Waals surface area contributed by atoms with Crippen LogP contribution < -0.4 is 20.9 Å². The Balaban J connectivity index is 1.75. The van der Waals surface area contributed by atoms with E-state index in [1.54, 1.807) is 36.4 Å². The van der Waals surface area contributed by atoms with Gasteiger partial charge in [-0.2, -0.15) is 0 Å². The second-order valence-corrected chi connectivity index (χ2v) is 4.48. The van der Waals surface area contributed by atoms with Crippen LogP contribution in [0.4, 0.5) is 5.69 Å². The minimum absolute atomic E-state index is 0.386. The van der Waals surface area contributed by atoms with E-state index in [9.17, 15) is 4.79 Å². The van der Waals surface area contributed by atoms with Gasteiger partial charge in [-0.05, 0) is 36.4 Å². The standard InChI is InChI=1S/C16H18N2O3/c17-12-6-8-13(9-7-12)20-10-3-11-21-15-5-2-1-4-14(15)16(18)19/h1-2,4-9H,3,10-11,17H2,(H2,18,19). The Morgan fingerprint density at radius 2 is 1.62 bits per heavy atom. The van der Waals surface area contributed by atoms with Crippen molar-refractivity contribution in [1.29, 1.82) is 0 Å². The number of carbonyl (C=O) groups is 1. The molecule has 0 saturated heterocycles. The van der Waals surface area contributed by atoms with Crippen LogP contribution in [0.5, 0.6) is 11.5 Å². The largest absolute Gasteiger partial charge is 0.493 e. The van der Waals surface area contributed by atoms with Crippen molar-refractivity contribution in [2.45, 2.75) is 6.42 Å². The summed E-state index contributed by atoms with van der Waals surface area (Å²) in [4.78, 5) is 11.2. The summed E-state index contributed by atoms with van der Waals surface area (Å²) < 4.78 is 11.1. The van der Waals surface area contributed by atoms with Gasteiger partial charge in [0.05, 0.1) is 18.8 Å². The highest BCUT2D eigenvalue weighted by Crippen LogP contribution is 2.17. The van der Waals surface area contributed by atoms with E-state index in [0.717, 1.165) is 5.75 Å². The molecule has 5 nitrogen and oxygen atoms in total. The van der Waals surface area contributed by atoms with Crippen LogP contribution in [0.1, 0.15) is 16.8 Å². The number of anilines is 1. The molecule has 0 radical (unpaired) electrons. The lowest BCUT2D eigenvalue weighted by Crippen LogP contribution is -2.13. The summed E-state index contributed by atoms with van der Waals surface area (Å²) >= 11 is 0. The number of nitrogen functional groups attached to an aromatic ring is 1. The molecule has 0 aliphatic rings. The average Bonchev–Trinajstić information content (AvgIpc) is 2.49.